The fourth-order valence-electron chi connectivity index (χ4n) is 2.70. The van der Waals surface area contributed by atoms with Gasteiger partial charge in [-0.2, -0.15) is 5.10 Å². The summed E-state index contributed by atoms with van der Waals surface area (Å²) >= 11 is 6.23. The van der Waals surface area contributed by atoms with Crippen molar-refractivity contribution in [3.05, 3.63) is 46.0 Å². The number of hydrogen-bond acceptors (Lipinski definition) is 3. The molecule has 2 heterocycles. The summed E-state index contributed by atoms with van der Waals surface area (Å²) < 4.78 is 1.95. The van der Waals surface area contributed by atoms with E-state index in [2.05, 4.69) is 36.2 Å². The molecule has 114 valence electrons. The minimum Gasteiger partial charge on any atom is -0.314 e. The zero-order valence-corrected chi connectivity index (χ0v) is 13.9. The van der Waals surface area contributed by atoms with Crippen molar-refractivity contribution in [1.82, 2.24) is 20.1 Å². The first-order chi connectivity index (χ1) is 10.0. The van der Waals surface area contributed by atoms with Gasteiger partial charge in [0.15, 0.2) is 0 Å². The summed E-state index contributed by atoms with van der Waals surface area (Å²) in [5, 5.41) is 8.79. The van der Waals surface area contributed by atoms with Crippen molar-refractivity contribution in [3.8, 4) is 0 Å². The fourth-order valence-corrected chi connectivity index (χ4v) is 2.90. The lowest BCUT2D eigenvalue weighted by molar-refractivity contribution is 0.519. The molecule has 1 N–H and O–H groups in total. The summed E-state index contributed by atoms with van der Waals surface area (Å²) in [6.07, 6.45) is 5.35. The first-order valence-corrected chi connectivity index (χ1v) is 7.71. The van der Waals surface area contributed by atoms with Crippen molar-refractivity contribution < 1.29 is 0 Å². The average Bonchev–Trinajstić information content (AvgIpc) is 2.68. The second kappa shape index (κ2) is 7.05. The lowest BCUT2D eigenvalue weighted by Crippen LogP contribution is -2.33. The van der Waals surface area contributed by atoms with Crippen molar-refractivity contribution >= 4 is 11.6 Å². The predicted molar refractivity (Wildman–Crippen MR) is 86.8 cm³/mol. The van der Waals surface area contributed by atoms with Crippen molar-refractivity contribution in [2.75, 3.05) is 6.54 Å². The summed E-state index contributed by atoms with van der Waals surface area (Å²) in [5.41, 5.74) is 4.81. The van der Waals surface area contributed by atoms with E-state index < -0.39 is 0 Å². The van der Waals surface area contributed by atoms with E-state index in [9.17, 15) is 0 Å². The molecule has 0 spiro atoms. The van der Waals surface area contributed by atoms with Crippen molar-refractivity contribution in [2.24, 2.45) is 7.05 Å². The van der Waals surface area contributed by atoms with Gasteiger partial charge >= 0.3 is 0 Å². The van der Waals surface area contributed by atoms with E-state index in [1.807, 2.05) is 17.8 Å². The summed E-state index contributed by atoms with van der Waals surface area (Å²) in [6.45, 7) is 7.26. The number of nitrogens with one attached hydrogen (secondary N) is 1. The molecule has 0 radical (unpaired) electrons. The van der Waals surface area contributed by atoms with E-state index in [0.717, 1.165) is 35.7 Å². The van der Waals surface area contributed by atoms with Crippen LogP contribution in [0.15, 0.2) is 18.5 Å². The highest BCUT2D eigenvalue weighted by Gasteiger charge is 2.17. The number of nitrogens with zero attached hydrogens (tertiary/aromatic N) is 3. The second-order valence-corrected chi connectivity index (χ2v) is 5.81. The Morgan fingerprint density at radius 2 is 2.10 bits per heavy atom. The molecule has 2 rings (SSSR count). The largest absolute Gasteiger partial charge is 0.314 e. The van der Waals surface area contributed by atoms with E-state index in [-0.39, 0.29) is 0 Å². The van der Waals surface area contributed by atoms with Gasteiger partial charge in [0.2, 0.25) is 0 Å². The number of rotatable bonds is 6. The van der Waals surface area contributed by atoms with E-state index in [4.69, 9.17) is 11.6 Å². The van der Waals surface area contributed by atoms with Crippen LogP contribution >= 0.6 is 11.6 Å². The SMILES string of the molecule is CCNC(Cc1ccncc1Cl)Cc1c(C)nn(C)c1C. The number of hydrogen-bond donors (Lipinski definition) is 1. The molecule has 0 saturated heterocycles. The van der Waals surface area contributed by atoms with Gasteiger partial charge in [-0.05, 0) is 50.4 Å². The van der Waals surface area contributed by atoms with Crippen LogP contribution in [0.2, 0.25) is 5.02 Å². The Hall–Kier alpha value is -1.39. The molecule has 0 aliphatic rings. The Morgan fingerprint density at radius 1 is 1.33 bits per heavy atom. The molecule has 0 bridgehead atoms. The molecule has 2 aromatic rings. The van der Waals surface area contributed by atoms with E-state index in [1.165, 1.54) is 11.3 Å². The van der Waals surface area contributed by atoms with Gasteiger partial charge in [-0.1, -0.05) is 18.5 Å². The molecule has 0 saturated carbocycles. The van der Waals surface area contributed by atoms with Crippen molar-refractivity contribution in [2.45, 2.75) is 39.7 Å². The minimum absolute atomic E-state index is 0.344. The molecule has 1 unspecified atom stereocenters. The van der Waals surface area contributed by atoms with Crippen LogP contribution in [0.4, 0.5) is 0 Å². The van der Waals surface area contributed by atoms with Gasteiger partial charge in [0.25, 0.3) is 0 Å². The Bertz CT molecular complexity index is 606. The fraction of sp³-hybridized carbons (Fsp3) is 0.500. The highest BCUT2D eigenvalue weighted by atomic mass is 35.5. The maximum absolute atomic E-state index is 6.23. The van der Waals surface area contributed by atoms with Crippen LogP contribution in [-0.2, 0) is 19.9 Å². The van der Waals surface area contributed by atoms with Gasteiger partial charge in [0.1, 0.15) is 0 Å². The van der Waals surface area contributed by atoms with Crippen LogP contribution in [0.1, 0.15) is 29.4 Å². The Kier molecular flexibility index (Phi) is 5.37. The van der Waals surface area contributed by atoms with Gasteiger partial charge < -0.3 is 5.32 Å². The monoisotopic (exact) mass is 306 g/mol. The van der Waals surface area contributed by atoms with Crippen molar-refractivity contribution in [3.63, 3.8) is 0 Å². The zero-order chi connectivity index (χ0) is 15.4. The lowest BCUT2D eigenvalue weighted by Gasteiger charge is -2.19. The summed E-state index contributed by atoms with van der Waals surface area (Å²) in [7, 11) is 1.99. The minimum atomic E-state index is 0.344. The van der Waals surface area contributed by atoms with E-state index >= 15 is 0 Å². The highest BCUT2D eigenvalue weighted by Crippen LogP contribution is 2.19. The molecule has 4 nitrogen and oxygen atoms in total. The summed E-state index contributed by atoms with van der Waals surface area (Å²) in [6, 6.07) is 2.34. The lowest BCUT2D eigenvalue weighted by atomic mass is 9.98. The first-order valence-electron chi connectivity index (χ1n) is 7.33. The van der Waals surface area contributed by atoms with Crippen LogP contribution in [-0.4, -0.2) is 27.4 Å². The molecule has 1 atom stereocenters. The number of aryl methyl sites for hydroxylation is 2. The smallest absolute Gasteiger partial charge is 0.0628 e. The third-order valence-electron chi connectivity index (χ3n) is 3.92. The first kappa shape index (κ1) is 16.0. The molecule has 5 heteroatoms. The predicted octanol–water partition coefficient (Wildman–Crippen LogP) is 2.85. The van der Waals surface area contributed by atoms with E-state index in [1.54, 1.807) is 12.4 Å². The van der Waals surface area contributed by atoms with Gasteiger partial charge in [-0.3, -0.25) is 9.67 Å². The van der Waals surface area contributed by atoms with Crippen LogP contribution in [0, 0.1) is 13.8 Å². The summed E-state index contributed by atoms with van der Waals surface area (Å²) in [5.74, 6) is 0. The number of halogens is 1. The Balaban J connectivity index is 2.18. The third kappa shape index (κ3) is 3.83. The summed E-state index contributed by atoms with van der Waals surface area (Å²) in [4.78, 5) is 4.05. The molecule has 0 aromatic carbocycles. The number of likely N-dealkylation sites (N-methyl/N-ethyl adjacent to an activating group) is 1. The Labute approximate surface area is 131 Å². The molecule has 21 heavy (non-hydrogen) atoms. The van der Waals surface area contributed by atoms with Gasteiger partial charge in [0.05, 0.1) is 10.7 Å². The number of pyridine rings is 1. The van der Waals surface area contributed by atoms with Gasteiger partial charge in [-0.25, -0.2) is 0 Å². The topological polar surface area (TPSA) is 42.7 Å². The van der Waals surface area contributed by atoms with E-state index in [0.29, 0.717) is 6.04 Å². The highest BCUT2D eigenvalue weighted by molar-refractivity contribution is 6.31. The molecule has 0 aliphatic carbocycles. The normalized spacial score (nSPS) is 12.6. The van der Waals surface area contributed by atoms with Crippen LogP contribution in [0.5, 0.6) is 0 Å². The maximum Gasteiger partial charge on any atom is 0.0628 e. The maximum atomic E-state index is 6.23. The number of aromatic nitrogens is 3. The Morgan fingerprint density at radius 3 is 2.67 bits per heavy atom. The standard InChI is InChI=1S/C16H23ClN4/c1-5-19-14(8-13-6-7-18-10-16(13)17)9-15-11(2)20-21(4)12(15)3/h6-7,10,14,19H,5,8-9H2,1-4H3. The molecule has 0 amide bonds. The van der Waals surface area contributed by atoms with Gasteiger partial charge in [-0.15, -0.1) is 0 Å². The van der Waals surface area contributed by atoms with Crippen molar-refractivity contribution in [1.29, 1.82) is 0 Å². The average molecular weight is 307 g/mol. The van der Waals surface area contributed by atoms with Gasteiger partial charge in [0, 0.05) is 31.2 Å². The van der Waals surface area contributed by atoms with Crippen LogP contribution < -0.4 is 5.32 Å². The molecule has 0 fully saturated rings. The molecular weight excluding hydrogens is 284 g/mol. The quantitative estimate of drug-likeness (QED) is 0.892. The van der Waals surface area contributed by atoms with Crippen LogP contribution in [0.3, 0.4) is 0 Å². The zero-order valence-electron chi connectivity index (χ0n) is 13.2. The van der Waals surface area contributed by atoms with Crippen LogP contribution in [0.25, 0.3) is 0 Å². The molecule has 2 aromatic heterocycles. The second-order valence-electron chi connectivity index (χ2n) is 5.40. The third-order valence-corrected chi connectivity index (χ3v) is 4.27. The molecular formula is C16H23ClN4. The molecule has 0 aliphatic heterocycles.